The highest BCUT2D eigenvalue weighted by Gasteiger charge is 2.00. The Morgan fingerprint density at radius 1 is 0.786 bits per heavy atom. The van der Waals surface area contributed by atoms with Crippen LogP contribution in [0.15, 0.2) is 0 Å². The van der Waals surface area contributed by atoms with Gasteiger partial charge in [0.15, 0.2) is 0 Å². The molecule has 4 N–H and O–H groups in total. The van der Waals surface area contributed by atoms with Gasteiger partial charge >= 0.3 is 0 Å². The van der Waals surface area contributed by atoms with Crippen LogP contribution in [0, 0.1) is 0 Å². The molecule has 0 saturated carbocycles. The first-order valence-electron chi connectivity index (χ1n) is 5.46. The fourth-order valence-electron chi connectivity index (χ4n) is 1.39. The summed E-state index contributed by atoms with van der Waals surface area (Å²) in [5, 5.41) is 13.2. The van der Waals surface area contributed by atoms with Gasteiger partial charge in [-0.2, -0.15) is 0 Å². The van der Waals surface area contributed by atoms with Crippen molar-refractivity contribution in [2.45, 2.75) is 25.9 Å². The fraction of sp³-hybridized carbons (Fsp3) is 1.00. The van der Waals surface area contributed by atoms with E-state index in [0.717, 1.165) is 26.2 Å². The molecule has 0 aromatic heterocycles. The predicted octanol–water partition coefficient (Wildman–Crippen LogP) is -0.619. The molecule has 86 valence electrons. The minimum atomic E-state index is 0.543. The molecule has 0 spiro atoms. The molecule has 0 aliphatic heterocycles. The molecular formula is C10H26N4. The van der Waals surface area contributed by atoms with E-state index in [9.17, 15) is 0 Å². The molecule has 14 heavy (non-hydrogen) atoms. The maximum atomic E-state index is 3.44. The Hall–Kier alpha value is -0.160. The Bertz CT molecular complexity index is 105. The molecule has 0 unspecified atom stereocenters. The van der Waals surface area contributed by atoms with Crippen LogP contribution in [0.2, 0.25) is 0 Å². The molecule has 0 aliphatic rings. The molecule has 0 fully saturated rings. The Morgan fingerprint density at radius 2 is 1.14 bits per heavy atom. The lowest BCUT2D eigenvalue weighted by Gasteiger charge is -2.16. The third-order valence-electron chi connectivity index (χ3n) is 2.13. The summed E-state index contributed by atoms with van der Waals surface area (Å²) in [6.07, 6.45) is 0. The lowest BCUT2D eigenvalue weighted by Crippen LogP contribution is -2.42. The molecule has 4 heteroatoms. The average molecular weight is 202 g/mol. The second-order valence-corrected chi connectivity index (χ2v) is 3.83. The van der Waals surface area contributed by atoms with Crippen LogP contribution >= 0.6 is 0 Å². The monoisotopic (exact) mass is 202 g/mol. The average Bonchev–Trinajstić information content (AvgIpc) is 2.13. The van der Waals surface area contributed by atoms with Gasteiger partial charge in [0.1, 0.15) is 0 Å². The van der Waals surface area contributed by atoms with Crippen LogP contribution in [0.4, 0.5) is 0 Å². The lowest BCUT2D eigenvalue weighted by atomic mass is 10.3. The van der Waals surface area contributed by atoms with Crippen LogP contribution in [0.5, 0.6) is 0 Å². The van der Waals surface area contributed by atoms with Crippen LogP contribution in [0.1, 0.15) is 13.8 Å². The first-order valence-corrected chi connectivity index (χ1v) is 5.46. The molecule has 0 rings (SSSR count). The first-order chi connectivity index (χ1) is 6.70. The van der Waals surface area contributed by atoms with Crippen molar-refractivity contribution in [3.8, 4) is 0 Å². The molecule has 4 nitrogen and oxygen atoms in total. The van der Waals surface area contributed by atoms with Crippen LogP contribution in [-0.4, -0.2) is 52.4 Å². The molecule has 2 atom stereocenters. The van der Waals surface area contributed by atoms with Gasteiger partial charge in [-0.05, 0) is 27.9 Å². The number of hydrogen-bond donors (Lipinski definition) is 4. The van der Waals surface area contributed by atoms with Crippen molar-refractivity contribution < 1.29 is 0 Å². The van der Waals surface area contributed by atoms with E-state index in [1.54, 1.807) is 0 Å². The third kappa shape index (κ3) is 8.44. The lowest BCUT2D eigenvalue weighted by molar-refractivity contribution is 0.475. The van der Waals surface area contributed by atoms with Crippen molar-refractivity contribution in [3.05, 3.63) is 0 Å². The minimum Gasteiger partial charge on any atom is -0.318 e. The molecule has 0 saturated heterocycles. The fourth-order valence-corrected chi connectivity index (χ4v) is 1.39. The highest BCUT2D eigenvalue weighted by atomic mass is 15.0. The quantitative estimate of drug-likeness (QED) is 0.377. The first kappa shape index (κ1) is 13.8. The van der Waals surface area contributed by atoms with Crippen molar-refractivity contribution in [2.24, 2.45) is 0 Å². The Balaban J connectivity index is 3.19. The molecule has 0 aromatic carbocycles. The van der Waals surface area contributed by atoms with Gasteiger partial charge < -0.3 is 21.3 Å². The standard InChI is InChI=1S/C10H26N4/c1-9(7-11-3)13-5-6-14-10(2)8-12-4/h9-14H,5-8H2,1-4H3/t9-,10-/m0/s1. The van der Waals surface area contributed by atoms with Gasteiger partial charge in [-0.1, -0.05) is 0 Å². The molecular weight excluding hydrogens is 176 g/mol. The van der Waals surface area contributed by atoms with Gasteiger partial charge in [0, 0.05) is 38.3 Å². The summed E-state index contributed by atoms with van der Waals surface area (Å²) in [5.41, 5.74) is 0. The SMILES string of the molecule is CNC[C@H](C)NCCN[C@@H](C)CNC. The summed E-state index contributed by atoms with van der Waals surface area (Å²) in [4.78, 5) is 0. The Labute approximate surface area is 88.2 Å². The van der Waals surface area contributed by atoms with Gasteiger partial charge in [-0.25, -0.2) is 0 Å². The summed E-state index contributed by atoms with van der Waals surface area (Å²) in [5.74, 6) is 0. The zero-order valence-corrected chi connectivity index (χ0v) is 9.98. The van der Waals surface area contributed by atoms with Crippen LogP contribution in [0.3, 0.4) is 0 Å². The van der Waals surface area contributed by atoms with Crippen LogP contribution in [-0.2, 0) is 0 Å². The van der Waals surface area contributed by atoms with E-state index in [2.05, 4.69) is 35.1 Å². The number of likely N-dealkylation sites (N-methyl/N-ethyl adjacent to an activating group) is 2. The summed E-state index contributed by atoms with van der Waals surface area (Å²) in [6.45, 7) is 8.47. The third-order valence-corrected chi connectivity index (χ3v) is 2.13. The van der Waals surface area contributed by atoms with Crippen LogP contribution in [0.25, 0.3) is 0 Å². The van der Waals surface area contributed by atoms with E-state index in [4.69, 9.17) is 0 Å². The molecule has 0 amide bonds. The van der Waals surface area contributed by atoms with E-state index in [1.807, 2.05) is 14.1 Å². The van der Waals surface area contributed by atoms with E-state index in [1.165, 1.54) is 0 Å². The number of hydrogen-bond acceptors (Lipinski definition) is 4. The summed E-state index contributed by atoms with van der Waals surface area (Å²) < 4.78 is 0. The van der Waals surface area contributed by atoms with Crippen molar-refractivity contribution in [3.63, 3.8) is 0 Å². The maximum absolute atomic E-state index is 3.44. The number of nitrogens with one attached hydrogen (secondary N) is 4. The molecule has 0 heterocycles. The van der Waals surface area contributed by atoms with Crippen molar-refractivity contribution in [1.29, 1.82) is 0 Å². The molecule has 0 aromatic rings. The molecule has 0 bridgehead atoms. The second-order valence-electron chi connectivity index (χ2n) is 3.83. The zero-order valence-electron chi connectivity index (χ0n) is 9.98. The predicted molar refractivity (Wildman–Crippen MR) is 62.8 cm³/mol. The highest BCUT2D eigenvalue weighted by Crippen LogP contribution is 1.78. The Kier molecular flexibility index (Phi) is 9.29. The number of rotatable bonds is 9. The van der Waals surface area contributed by atoms with Gasteiger partial charge in [-0.3, -0.25) is 0 Å². The topological polar surface area (TPSA) is 48.1 Å². The van der Waals surface area contributed by atoms with E-state index >= 15 is 0 Å². The smallest absolute Gasteiger partial charge is 0.0164 e. The van der Waals surface area contributed by atoms with E-state index < -0.39 is 0 Å². The maximum Gasteiger partial charge on any atom is 0.0164 e. The summed E-state index contributed by atoms with van der Waals surface area (Å²) >= 11 is 0. The van der Waals surface area contributed by atoms with E-state index in [0.29, 0.717) is 12.1 Å². The highest BCUT2D eigenvalue weighted by molar-refractivity contribution is 4.66. The van der Waals surface area contributed by atoms with Crippen LogP contribution < -0.4 is 21.3 Å². The molecule has 0 radical (unpaired) electrons. The summed E-state index contributed by atoms with van der Waals surface area (Å²) in [6, 6.07) is 1.09. The largest absolute Gasteiger partial charge is 0.318 e. The van der Waals surface area contributed by atoms with Crippen molar-refractivity contribution in [1.82, 2.24) is 21.3 Å². The summed E-state index contributed by atoms with van der Waals surface area (Å²) in [7, 11) is 3.96. The van der Waals surface area contributed by atoms with Gasteiger partial charge in [0.2, 0.25) is 0 Å². The van der Waals surface area contributed by atoms with Gasteiger partial charge in [0.25, 0.3) is 0 Å². The normalized spacial score (nSPS) is 15.4. The minimum absolute atomic E-state index is 0.543. The second kappa shape index (κ2) is 9.40. The van der Waals surface area contributed by atoms with Gasteiger partial charge in [0.05, 0.1) is 0 Å². The Morgan fingerprint density at radius 3 is 1.43 bits per heavy atom. The van der Waals surface area contributed by atoms with Gasteiger partial charge in [-0.15, -0.1) is 0 Å². The molecule has 0 aliphatic carbocycles. The van der Waals surface area contributed by atoms with Crippen molar-refractivity contribution >= 4 is 0 Å². The zero-order chi connectivity index (χ0) is 10.8. The van der Waals surface area contributed by atoms with E-state index in [-0.39, 0.29) is 0 Å². The van der Waals surface area contributed by atoms with Crippen molar-refractivity contribution in [2.75, 3.05) is 40.3 Å².